The van der Waals surface area contributed by atoms with E-state index < -0.39 is 4.92 Å². The lowest BCUT2D eigenvalue weighted by atomic mass is 10.1. The summed E-state index contributed by atoms with van der Waals surface area (Å²) in [7, 11) is 0. The van der Waals surface area contributed by atoms with Crippen molar-refractivity contribution in [1.29, 1.82) is 0 Å². The second kappa shape index (κ2) is 3.86. The molecule has 1 aromatic carbocycles. The summed E-state index contributed by atoms with van der Waals surface area (Å²) in [6, 6.07) is 4.58. The zero-order chi connectivity index (χ0) is 11.7. The van der Waals surface area contributed by atoms with Crippen LogP contribution in [0.3, 0.4) is 0 Å². The lowest BCUT2D eigenvalue weighted by molar-refractivity contribution is -0.384. The molecular formula is C9H8N4O2S. The van der Waals surface area contributed by atoms with Crippen LogP contribution in [-0.4, -0.2) is 14.3 Å². The van der Waals surface area contributed by atoms with Gasteiger partial charge in [0.25, 0.3) is 5.69 Å². The van der Waals surface area contributed by atoms with Gasteiger partial charge < -0.3 is 5.73 Å². The number of hydrogen-bond acceptors (Lipinski definition) is 6. The summed E-state index contributed by atoms with van der Waals surface area (Å²) >= 11 is 1.07. The Hall–Kier alpha value is -2.02. The molecule has 2 N–H and O–H groups in total. The van der Waals surface area contributed by atoms with Gasteiger partial charge in [-0.2, -0.15) is 9.36 Å². The Bertz CT molecular complexity index is 552. The molecule has 7 heteroatoms. The lowest BCUT2D eigenvalue weighted by Gasteiger charge is -2.00. The third-order valence-corrected chi connectivity index (χ3v) is 2.66. The molecule has 0 aliphatic rings. The van der Waals surface area contributed by atoms with Crippen LogP contribution in [0.1, 0.15) is 5.56 Å². The first-order chi connectivity index (χ1) is 7.58. The van der Waals surface area contributed by atoms with Gasteiger partial charge in [0.2, 0.25) is 0 Å². The summed E-state index contributed by atoms with van der Waals surface area (Å²) in [4.78, 5) is 14.2. The van der Waals surface area contributed by atoms with Gasteiger partial charge in [-0.1, -0.05) is 6.07 Å². The SMILES string of the molecule is Cc1ccc([N+](=O)[O-])cc1-c1nsc(N)n1. The van der Waals surface area contributed by atoms with E-state index in [1.54, 1.807) is 6.07 Å². The van der Waals surface area contributed by atoms with Gasteiger partial charge in [0.15, 0.2) is 11.0 Å². The number of non-ortho nitro benzene ring substituents is 1. The highest BCUT2D eigenvalue weighted by molar-refractivity contribution is 7.09. The van der Waals surface area contributed by atoms with Crippen LogP contribution in [0, 0.1) is 17.0 Å². The smallest absolute Gasteiger partial charge is 0.270 e. The standard InChI is InChI=1S/C9H8N4O2S/c1-5-2-3-6(13(14)15)4-7(5)8-11-9(10)16-12-8/h2-4H,1H3,(H2,10,11,12). The Morgan fingerprint density at radius 2 is 2.25 bits per heavy atom. The monoisotopic (exact) mass is 236 g/mol. The molecule has 0 saturated heterocycles. The number of aryl methyl sites for hydroxylation is 1. The second-order valence-corrected chi connectivity index (χ2v) is 4.00. The molecule has 1 aromatic heterocycles. The van der Waals surface area contributed by atoms with E-state index in [-0.39, 0.29) is 5.69 Å². The number of aromatic nitrogens is 2. The minimum Gasteiger partial charge on any atom is -0.374 e. The number of anilines is 1. The Morgan fingerprint density at radius 1 is 1.50 bits per heavy atom. The molecule has 2 aromatic rings. The van der Waals surface area contributed by atoms with Crippen molar-refractivity contribution in [2.24, 2.45) is 0 Å². The van der Waals surface area contributed by atoms with Gasteiger partial charge in [-0.05, 0) is 12.5 Å². The molecule has 2 rings (SSSR count). The topological polar surface area (TPSA) is 94.9 Å². The van der Waals surface area contributed by atoms with Gasteiger partial charge in [0.1, 0.15) is 0 Å². The van der Waals surface area contributed by atoms with Gasteiger partial charge >= 0.3 is 0 Å². The minimum absolute atomic E-state index is 0.0222. The third kappa shape index (κ3) is 1.84. The predicted molar refractivity (Wildman–Crippen MR) is 61.1 cm³/mol. The molecule has 82 valence electrons. The van der Waals surface area contributed by atoms with E-state index in [1.165, 1.54) is 12.1 Å². The summed E-state index contributed by atoms with van der Waals surface area (Å²) in [6.07, 6.45) is 0. The van der Waals surface area contributed by atoms with Crippen molar-refractivity contribution in [3.8, 4) is 11.4 Å². The molecular weight excluding hydrogens is 228 g/mol. The normalized spacial score (nSPS) is 10.3. The van der Waals surface area contributed by atoms with E-state index in [1.807, 2.05) is 6.92 Å². The van der Waals surface area contributed by atoms with Gasteiger partial charge in [0, 0.05) is 29.2 Å². The van der Waals surface area contributed by atoms with Crippen molar-refractivity contribution in [3.05, 3.63) is 33.9 Å². The molecule has 1 heterocycles. The lowest BCUT2D eigenvalue weighted by Crippen LogP contribution is -1.92. The van der Waals surface area contributed by atoms with Crippen LogP contribution in [0.25, 0.3) is 11.4 Å². The van der Waals surface area contributed by atoms with Crippen LogP contribution >= 0.6 is 11.5 Å². The van der Waals surface area contributed by atoms with E-state index >= 15 is 0 Å². The van der Waals surface area contributed by atoms with Crippen molar-refractivity contribution in [3.63, 3.8) is 0 Å². The second-order valence-electron chi connectivity index (χ2n) is 3.21. The average Bonchev–Trinajstić information content (AvgIpc) is 2.65. The van der Waals surface area contributed by atoms with Crippen molar-refractivity contribution in [2.75, 3.05) is 5.73 Å². The molecule has 0 radical (unpaired) electrons. The number of nitro groups is 1. The average molecular weight is 236 g/mol. The summed E-state index contributed by atoms with van der Waals surface area (Å²) in [6.45, 7) is 1.84. The van der Waals surface area contributed by atoms with E-state index in [2.05, 4.69) is 9.36 Å². The summed E-state index contributed by atoms with van der Waals surface area (Å²) in [5.41, 5.74) is 7.02. The first-order valence-electron chi connectivity index (χ1n) is 4.42. The van der Waals surface area contributed by atoms with Crippen LogP contribution in [0.5, 0.6) is 0 Å². The number of nitrogens with zero attached hydrogens (tertiary/aromatic N) is 3. The molecule has 0 aliphatic heterocycles. The van der Waals surface area contributed by atoms with E-state index in [0.29, 0.717) is 16.5 Å². The molecule has 0 fully saturated rings. The highest BCUT2D eigenvalue weighted by Gasteiger charge is 2.13. The quantitative estimate of drug-likeness (QED) is 0.635. The minimum atomic E-state index is -0.446. The molecule has 6 nitrogen and oxygen atoms in total. The Morgan fingerprint density at radius 3 is 2.81 bits per heavy atom. The number of benzene rings is 1. The molecule has 16 heavy (non-hydrogen) atoms. The highest BCUT2D eigenvalue weighted by atomic mass is 32.1. The van der Waals surface area contributed by atoms with Crippen LogP contribution < -0.4 is 5.73 Å². The van der Waals surface area contributed by atoms with Crippen LogP contribution in [0.4, 0.5) is 10.8 Å². The maximum Gasteiger partial charge on any atom is 0.270 e. The number of hydrogen-bond donors (Lipinski definition) is 1. The fraction of sp³-hybridized carbons (Fsp3) is 0.111. The van der Waals surface area contributed by atoms with Gasteiger partial charge in [-0.3, -0.25) is 10.1 Å². The van der Waals surface area contributed by atoms with Crippen molar-refractivity contribution >= 4 is 22.4 Å². The summed E-state index contributed by atoms with van der Waals surface area (Å²) < 4.78 is 4.03. The van der Waals surface area contributed by atoms with E-state index in [4.69, 9.17) is 5.73 Å². The van der Waals surface area contributed by atoms with Gasteiger partial charge in [-0.25, -0.2) is 0 Å². The largest absolute Gasteiger partial charge is 0.374 e. The fourth-order valence-corrected chi connectivity index (χ4v) is 1.76. The molecule has 0 bridgehead atoms. The molecule has 0 spiro atoms. The van der Waals surface area contributed by atoms with Crippen molar-refractivity contribution < 1.29 is 4.92 Å². The van der Waals surface area contributed by atoms with E-state index in [0.717, 1.165) is 17.1 Å². The Labute approximate surface area is 95.1 Å². The summed E-state index contributed by atoms with van der Waals surface area (Å²) in [5, 5.41) is 11.0. The number of nitrogens with two attached hydrogens (primary N) is 1. The summed E-state index contributed by atoms with van der Waals surface area (Å²) in [5.74, 6) is 0.434. The zero-order valence-corrected chi connectivity index (χ0v) is 9.19. The highest BCUT2D eigenvalue weighted by Crippen LogP contribution is 2.26. The molecule has 0 atom stereocenters. The van der Waals surface area contributed by atoms with Gasteiger partial charge in [-0.15, -0.1) is 0 Å². The fourth-order valence-electron chi connectivity index (χ4n) is 1.31. The van der Waals surface area contributed by atoms with Crippen LogP contribution in [0.2, 0.25) is 0 Å². The third-order valence-electron chi connectivity index (χ3n) is 2.11. The number of rotatable bonds is 2. The molecule has 0 saturated carbocycles. The van der Waals surface area contributed by atoms with Crippen molar-refractivity contribution in [2.45, 2.75) is 6.92 Å². The Kier molecular flexibility index (Phi) is 2.53. The van der Waals surface area contributed by atoms with E-state index in [9.17, 15) is 10.1 Å². The number of nitro benzene ring substituents is 1. The molecule has 0 amide bonds. The zero-order valence-electron chi connectivity index (χ0n) is 8.38. The Balaban J connectivity index is 2.55. The van der Waals surface area contributed by atoms with Crippen LogP contribution in [0.15, 0.2) is 18.2 Å². The van der Waals surface area contributed by atoms with Gasteiger partial charge in [0.05, 0.1) is 4.92 Å². The maximum absolute atomic E-state index is 10.6. The maximum atomic E-state index is 10.6. The first-order valence-corrected chi connectivity index (χ1v) is 5.20. The van der Waals surface area contributed by atoms with Crippen LogP contribution in [-0.2, 0) is 0 Å². The molecule has 0 aliphatic carbocycles. The first kappa shape index (κ1) is 10.5. The molecule has 0 unspecified atom stereocenters. The van der Waals surface area contributed by atoms with Crippen molar-refractivity contribution in [1.82, 2.24) is 9.36 Å². The predicted octanol–water partition coefficient (Wildman–Crippen LogP) is 2.00. The number of nitrogen functional groups attached to an aromatic ring is 1.